The maximum absolute atomic E-state index is 8.86. The molecule has 0 saturated heterocycles. The largest absolute Gasteiger partial charge is 0.396 e. The second kappa shape index (κ2) is 6.10. The highest BCUT2D eigenvalue weighted by molar-refractivity contribution is 5.15. The number of nitrogens with zero attached hydrogens (tertiary/aromatic N) is 2. The van der Waals surface area contributed by atoms with Crippen LogP contribution in [0.4, 0.5) is 0 Å². The predicted molar refractivity (Wildman–Crippen MR) is 68.0 cm³/mol. The van der Waals surface area contributed by atoms with E-state index in [-0.39, 0.29) is 6.61 Å². The first-order chi connectivity index (χ1) is 8.29. The van der Waals surface area contributed by atoms with Crippen LogP contribution in [0.1, 0.15) is 61.7 Å². The molecular weight excluding hydrogens is 212 g/mol. The van der Waals surface area contributed by atoms with E-state index < -0.39 is 0 Å². The van der Waals surface area contributed by atoms with Crippen LogP contribution >= 0.6 is 0 Å². The first-order valence-electron chi connectivity index (χ1n) is 6.75. The molecule has 0 radical (unpaired) electrons. The van der Waals surface area contributed by atoms with Gasteiger partial charge in [0.15, 0.2) is 0 Å². The number of aliphatic hydroxyl groups excluding tert-OH is 1. The standard InChI is InChI=1S/C14H22N2O/c1-11-10-13(12-6-3-2-4-7-12)16-14(15-11)8-5-9-17/h10,12,17H,2-9H2,1H3. The molecule has 1 aliphatic carbocycles. The third kappa shape index (κ3) is 3.50. The minimum absolute atomic E-state index is 0.218. The second-order valence-electron chi connectivity index (χ2n) is 5.01. The van der Waals surface area contributed by atoms with Crippen molar-refractivity contribution < 1.29 is 5.11 Å². The molecule has 17 heavy (non-hydrogen) atoms. The van der Waals surface area contributed by atoms with E-state index in [9.17, 15) is 0 Å². The van der Waals surface area contributed by atoms with Crippen molar-refractivity contribution in [1.29, 1.82) is 0 Å². The van der Waals surface area contributed by atoms with Gasteiger partial charge in [0.05, 0.1) is 0 Å². The number of aliphatic hydroxyl groups is 1. The van der Waals surface area contributed by atoms with E-state index in [4.69, 9.17) is 5.11 Å². The van der Waals surface area contributed by atoms with Crippen molar-refractivity contribution in [3.05, 3.63) is 23.3 Å². The molecule has 2 rings (SSSR count). The number of rotatable bonds is 4. The summed E-state index contributed by atoms with van der Waals surface area (Å²) in [5.74, 6) is 1.54. The van der Waals surface area contributed by atoms with E-state index in [0.717, 1.165) is 24.4 Å². The molecule has 94 valence electrons. The Morgan fingerprint density at radius 2 is 2.00 bits per heavy atom. The highest BCUT2D eigenvalue weighted by atomic mass is 16.2. The molecule has 1 saturated carbocycles. The molecule has 1 aliphatic rings. The van der Waals surface area contributed by atoms with Crippen LogP contribution in [0.5, 0.6) is 0 Å². The van der Waals surface area contributed by atoms with Gasteiger partial charge < -0.3 is 5.11 Å². The fraction of sp³-hybridized carbons (Fsp3) is 0.714. The summed E-state index contributed by atoms with van der Waals surface area (Å²) >= 11 is 0. The third-order valence-electron chi connectivity index (χ3n) is 3.50. The Morgan fingerprint density at radius 3 is 2.71 bits per heavy atom. The Balaban J connectivity index is 2.12. The summed E-state index contributed by atoms with van der Waals surface area (Å²) in [6.45, 7) is 2.26. The smallest absolute Gasteiger partial charge is 0.128 e. The molecule has 1 aromatic heterocycles. The Bertz CT molecular complexity index is 359. The van der Waals surface area contributed by atoms with Crippen LogP contribution in [0.2, 0.25) is 0 Å². The minimum Gasteiger partial charge on any atom is -0.396 e. The quantitative estimate of drug-likeness (QED) is 0.871. The predicted octanol–water partition coefficient (Wildman–Crippen LogP) is 2.76. The van der Waals surface area contributed by atoms with E-state index in [0.29, 0.717) is 5.92 Å². The van der Waals surface area contributed by atoms with Crippen molar-refractivity contribution >= 4 is 0 Å². The van der Waals surface area contributed by atoms with Crippen LogP contribution in [0.3, 0.4) is 0 Å². The molecule has 0 aromatic carbocycles. The van der Waals surface area contributed by atoms with Crippen LogP contribution in [-0.4, -0.2) is 21.7 Å². The van der Waals surface area contributed by atoms with E-state index in [1.807, 2.05) is 6.92 Å². The lowest BCUT2D eigenvalue weighted by atomic mass is 9.86. The Kier molecular flexibility index (Phi) is 4.49. The van der Waals surface area contributed by atoms with Gasteiger partial charge in [-0.25, -0.2) is 9.97 Å². The first-order valence-corrected chi connectivity index (χ1v) is 6.75. The van der Waals surface area contributed by atoms with Crippen molar-refractivity contribution in [2.24, 2.45) is 0 Å². The van der Waals surface area contributed by atoms with E-state index in [2.05, 4.69) is 16.0 Å². The lowest BCUT2D eigenvalue weighted by Crippen LogP contribution is -2.10. The van der Waals surface area contributed by atoms with Gasteiger partial charge in [0, 0.05) is 30.3 Å². The van der Waals surface area contributed by atoms with Gasteiger partial charge in [-0.2, -0.15) is 0 Å². The zero-order valence-electron chi connectivity index (χ0n) is 10.7. The van der Waals surface area contributed by atoms with Gasteiger partial charge in [-0.1, -0.05) is 19.3 Å². The fourth-order valence-electron chi connectivity index (χ4n) is 2.61. The minimum atomic E-state index is 0.218. The Hall–Kier alpha value is -0.960. The molecule has 0 atom stereocenters. The highest BCUT2D eigenvalue weighted by Gasteiger charge is 2.17. The lowest BCUT2D eigenvalue weighted by molar-refractivity contribution is 0.287. The third-order valence-corrected chi connectivity index (χ3v) is 3.50. The van der Waals surface area contributed by atoms with Crippen LogP contribution in [0.25, 0.3) is 0 Å². The van der Waals surface area contributed by atoms with Crippen molar-refractivity contribution in [1.82, 2.24) is 9.97 Å². The van der Waals surface area contributed by atoms with Gasteiger partial charge in [-0.15, -0.1) is 0 Å². The van der Waals surface area contributed by atoms with E-state index >= 15 is 0 Å². The number of hydrogen-bond donors (Lipinski definition) is 1. The molecule has 1 aromatic rings. The van der Waals surface area contributed by atoms with Gasteiger partial charge in [-0.05, 0) is 32.3 Å². The normalized spacial score (nSPS) is 17.3. The molecule has 0 unspecified atom stereocenters. The Labute approximate surface area is 103 Å². The van der Waals surface area contributed by atoms with Gasteiger partial charge in [-0.3, -0.25) is 0 Å². The average molecular weight is 234 g/mol. The van der Waals surface area contributed by atoms with Crippen molar-refractivity contribution in [2.45, 2.75) is 57.8 Å². The summed E-state index contributed by atoms with van der Waals surface area (Å²) in [7, 11) is 0. The van der Waals surface area contributed by atoms with E-state index in [1.165, 1.54) is 37.8 Å². The van der Waals surface area contributed by atoms with Gasteiger partial charge in [0.1, 0.15) is 5.82 Å². The number of aryl methyl sites for hydroxylation is 2. The molecule has 0 spiro atoms. The molecule has 1 N–H and O–H groups in total. The summed E-state index contributed by atoms with van der Waals surface area (Å²) in [5.41, 5.74) is 2.29. The average Bonchev–Trinajstić information content (AvgIpc) is 2.37. The fourth-order valence-corrected chi connectivity index (χ4v) is 2.61. The highest BCUT2D eigenvalue weighted by Crippen LogP contribution is 2.31. The zero-order chi connectivity index (χ0) is 12.1. The molecule has 1 fully saturated rings. The first kappa shape index (κ1) is 12.5. The summed E-state index contributed by atoms with van der Waals surface area (Å²) in [6.07, 6.45) is 8.13. The van der Waals surface area contributed by atoms with Crippen LogP contribution < -0.4 is 0 Å². The van der Waals surface area contributed by atoms with Crippen LogP contribution in [-0.2, 0) is 6.42 Å². The van der Waals surface area contributed by atoms with Gasteiger partial charge in [0.2, 0.25) is 0 Å². The number of hydrogen-bond acceptors (Lipinski definition) is 3. The SMILES string of the molecule is Cc1cc(C2CCCCC2)nc(CCCO)n1. The molecule has 0 bridgehead atoms. The molecular formula is C14H22N2O. The molecule has 1 heterocycles. The maximum Gasteiger partial charge on any atom is 0.128 e. The molecule has 3 heteroatoms. The van der Waals surface area contributed by atoms with Gasteiger partial charge in [0.25, 0.3) is 0 Å². The summed E-state index contributed by atoms with van der Waals surface area (Å²) in [6, 6.07) is 2.14. The van der Waals surface area contributed by atoms with Gasteiger partial charge >= 0.3 is 0 Å². The van der Waals surface area contributed by atoms with Crippen LogP contribution in [0.15, 0.2) is 6.07 Å². The second-order valence-corrected chi connectivity index (χ2v) is 5.01. The molecule has 0 amide bonds. The molecule has 3 nitrogen and oxygen atoms in total. The summed E-state index contributed by atoms with van der Waals surface area (Å²) in [4.78, 5) is 9.12. The van der Waals surface area contributed by atoms with Crippen molar-refractivity contribution in [3.63, 3.8) is 0 Å². The maximum atomic E-state index is 8.86. The van der Waals surface area contributed by atoms with Crippen molar-refractivity contribution in [3.8, 4) is 0 Å². The van der Waals surface area contributed by atoms with Crippen molar-refractivity contribution in [2.75, 3.05) is 6.61 Å². The monoisotopic (exact) mass is 234 g/mol. The lowest BCUT2D eigenvalue weighted by Gasteiger charge is -2.21. The van der Waals surface area contributed by atoms with E-state index in [1.54, 1.807) is 0 Å². The molecule has 0 aliphatic heterocycles. The van der Waals surface area contributed by atoms with Crippen LogP contribution in [0, 0.1) is 6.92 Å². The zero-order valence-corrected chi connectivity index (χ0v) is 10.7. The topological polar surface area (TPSA) is 46.0 Å². The summed E-state index contributed by atoms with van der Waals surface area (Å²) < 4.78 is 0. The summed E-state index contributed by atoms with van der Waals surface area (Å²) in [5, 5.41) is 8.86. The Morgan fingerprint density at radius 1 is 1.24 bits per heavy atom. The number of aromatic nitrogens is 2.